The summed E-state index contributed by atoms with van der Waals surface area (Å²) in [4.78, 5) is 24.6. The molecule has 0 aromatic heterocycles. The van der Waals surface area contributed by atoms with Crippen molar-refractivity contribution in [2.75, 3.05) is 6.54 Å². The maximum absolute atomic E-state index is 12.1. The smallest absolute Gasteiger partial charge is 0.303 e. The molecular weight excluding hydrogens is 330 g/mol. The lowest BCUT2D eigenvalue weighted by Gasteiger charge is -2.25. The van der Waals surface area contributed by atoms with E-state index in [-0.39, 0.29) is 24.5 Å². The summed E-state index contributed by atoms with van der Waals surface area (Å²) in [6.07, 6.45) is 7.05. The van der Waals surface area contributed by atoms with Gasteiger partial charge in [-0.15, -0.1) is 0 Å². The first kappa shape index (κ1) is 20.4. The number of hydrogen-bond acceptors (Lipinski definition) is 3. The van der Waals surface area contributed by atoms with E-state index in [1.165, 1.54) is 0 Å². The molecule has 1 aromatic carbocycles. The Bertz CT molecular complexity index is 560. The van der Waals surface area contributed by atoms with Gasteiger partial charge in [0.15, 0.2) is 0 Å². The van der Waals surface area contributed by atoms with Crippen LogP contribution in [0.2, 0.25) is 0 Å². The number of hydrogen-bond donors (Lipinski definition) is 2. The largest absolute Gasteiger partial charge is 0.481 e. The van der Waals surface area contributed by atoms with Gasteiger partial charge >= 0.3 is 5.97 Å². The number of benzene rings is 1. The quantitative estimate of drug-likeness (QED) is 0.559. The van der Waals surface area contributed by atoms with E-state index in [0.717, 1.165) is 44.2 Å². The van der Waals surface area contributed by atoms with E-state index in [0.29, 0.717) is 25.7 Å². The molecule has 1 fully saturated rings. The molecule has 1 aliphatic rings. The number of aliphatic hydroxyl groups is 1. The van der Waals surface area contributed by atoms with E-state index in [1.54, 1.807) is 0 Å². The van der Waals surface area contributed by atoms with Crippen LogP contribution in [0.25, 0.3) is 0 Å². The second-order valence-corrected chi connectivity index (χ2v) is 7.26. The van der Waals surface area contributed by atoms with Gasteiger partial charge in [-0.1, -0.05) is 43.2 Å². The van der Waals surface area contributed by atoms with Crippen LogP contribution in [0.5, 0.6) is 0 Å². The number of aliphatic hydroxyl groups excluding tert-OH is 1. The molecule has 1 amide bonds. The van der Waals surface area contributed by atoms with E-state index in [9.17, 15) is 14.7 Å². The predicted octanol–water partition coefficient (Wildman–Crippen LogP) is 3.40. The van der Waals surface area contributed by atoms with Crippen molar-refractivity contribution in [1.82, 2.24) is 4.90 Å². The zero-order valence-corrected chi connectivity index (χ0v) is 15.5. The van der Waals surface area contributed by atoms with E-state index in [1.807, 2.05) is 35.2 Å². The summed E-state index contributed by atoms with van der Waals surface area (Å²) in [6.45, 7) is 0.755. The molecule has 5 nitrogen and oxygen atoms in total. The summed E-state index contributed by atoms with van der Waals surface area (Å²) in [5.41, 5.74) is 1.14. The third-order valence-electron chi connectivity index (χ3n) is 5.14. The van der Waals surface area contributed by atoms with Crippen LogP contribution in [0.4, 0.5) is 0 Å². The minimum Gasteiger partial charge on any atom is -0.481 e. The van der Waals surface area contributed by atoms with E-state index in [2.05, 4.69) is 0 Å². The van der Waals surface area contributed by atoms with Gasteiger partial charge in [-0.3, -0.25) is 9.59 Å². The van der Waals surface area contributed by atoms with Gasteiger partial charge < -0.3 is 15.1 Å². The third-order valence-corrected chi connectivity index (χ3v) is 5.14. The highest BCUT2D eigenvalue weighted by Gasteiger charge is 2.30. The normalized spacial score (nSPS) is 18.3. The van der Waals surface area contributed by atoms with Crippen molar-refractivity contribution in [2.45, 2.75) is 76.4 Å². The molecule has 0 radical (unpaired) electrons. The van der Waals surface area contributed by atoms with Crippen LogP contribution in [0.15, 0.2) is 30.3 Å². The topological polar surface area (TPSA) is 77.8 Å². The zero-order chi connectivity index (χ0) is 18.8. The Morgan fingerprint density at radius 2 is 1.88 bits per heavy atom. The van der Waals surface area contributed by atoms with Gasteiger partial charge in [0.05, 0.1) is 6.10 Å². The number of amides is 1. The highest BCUT2D eigenvalue weighted by molar-refractivity contribution is 5.78. The number of rotatable bonds is 12. The van der Waals surface area contributed by atoms with Crippen molar-refractivity contribution >= 4 is 11.9 Å². The number of carboxylic acid groups (broad SMARTS) is 1. The van der Waals surface area contributed by atoms with Crippen LogP contribution in [-0.4, -0.2) is 45.7 Å². The number of likely N-dealkylation sites (tertiary alicyclic amines) is 1. The van der Waals surface area contributed by atoms with Crippen molar-refractivity contribution in [3.8, 4) is 0 Å². The fourth-order valence-corrected chi connectivity index (χ4v) is 3.69. The highest BCUT2D eigenvalue weighted by Crippen LogP contribution is 2.24. The van der Waals surface area contributed by atoms with Crippen molar-refractivity contribution in [3.05, 3.63) is 35.9 Å². The third kappa shape index (κ3) is 7.16. The Labute approximate surface area is 156 Å². The van der Waals surface area contributed by atoms with Gasteiger partial charge in [0.1, 0.15) is 0 Å². The predicted molar refractivity (Wildman–Crippen MR) is 101 cm³/mol. The summed E-state index contributed by atoms with van der Waals surface area (Å²) < 4.78 is 0. The maximum Gasteiger partial charge on any atom is 0.303 e. The Hall–Kier alpha value is -1.88. The molecule has 1 heterocycles. The van der Waals surface area contributed by atoms with Gasteiger partial charge in [0.25, 0.3) is 0 Å². The number of nitrogens with zero attached hydrogens (tertiary/aromatic N) is 1. The van der Waals surface area contributed by atoms with Crippen molar-refractivity contribution in [2.24, 2.45) is 0 Å². The average molecular weight is 361 g/mol. The van der Waals surface area contributed by atoms with Crippen molar-refractivity contribution in [1.29, 1.82) is 0 Å². The molecule has 0 spiro atoms. The molecule has 0 aliphatic carbocycles. The van der Waals surface area contributed by atoms with E-state index in [4.69, 9.17) is 5.11 Å². The second kappa shape index (κ2) is 11.0. The minimum absolute atomic E-state index is 0.220. The highest BCUT2D eigenvalue weighted by atomic mass is 16.4. The maximum atomic E-state index is 12.1. The van der Waals surface area contributed by atoms with Crippen LogP contribution in [0, 0.1) is 0 Å². The first-order chi connectivity index (χ1) is 12.6. The van der Waals surface area contributed by atoms with Crippen LogP contribution in [0.3, 0.4) is 0 Å². The van der Waals surface area contributed by atoms with Crippen LogP contribution >= 0.6 is 0 Å². The fraction of sp³-hybridized carbons (Fsp3) is 0.619. The molecule has 26 heavy (non-hydrogen) atoms. The van der Waals surface area contributed by atoms with Gasteiger partial charge in [-0.25, -0.2) is 0 Å². The second-order valence-electron chi connectivity index (χ2n) is 7.26. The first-order valence-corrected chi connectivity index (χ1v) is 9.79. The Kier molecular flexibility index (Phi) is 8.62. The van der Waals surface area contributed by atoms with Crippen LogP contribution in [0.1, 0.15) is 63.4 Å². The molecule has 2 rings (SSSR count). The van der Waals surface area contributed by atoms with Crippen molar-refractivity contribution < 1.29 is 19.8 Å². The van der Waals surface area contributed by atoms with Gasteiger partial charge in [0.2, 0.25) is 5.91 Å². The summed E-state index contributed by atoms with van der Waals surface area (Å²) in [7, 11) is 0. The molecule has 2 atom stereocenters. The zero-order valence-electron chi connectivity index (χ0n) is 15.5. The molecule has 144 valence electrons. The molecule has 1 aliphatic heterocycles. The SMILES string of the molecule is O=C(O)CCCCCCN1C(=O)CC[C@@H]1CCC(O)Cc1ccccc1. The lowest BCUT2D eigenvalue weighted by Crippen LogP contribution is -2.34. The molecular formula is C21H31NO4. The first-order valence-electron chi connectivity index (χ1n) is 9.79. The summed E-state index contributed by atoms with van der Waals surface area (Å²) in [5, 5.41) is 18.9. The van der Waals surface area contributed by atoms with E-state index < -0.39 is 5.97 Å². The Morgan fingerprint density at radius 3 is 2.62 bits per heavy atom. The number of aliphatic carboxylic acids is 1. The molecule has 0 bridgehead atoms. The fourth-order valence-electron chi connectivity index (χ4n) is 3.69. The number of unbranched alkanes of at least 4 members (excludes halogenated alkanes) is 3. The molecule has 0 saturated carbocycles. The van der Waals surface area contributed by atoms with Crippen molar-refractivity contribution in [3.63, 3.8) is 0 Å². The lowest BCUT2D eigenvalue weighted by molar-refractivity contribution is -0.137. The lowest BCUT2D eigenvalue weighted by atomic mass is 10.0. The summed E-state index contributed by atoms with van der Waals surface area (Å²) in [5.74, 6) is -0.521. The Morgan fingerprint density at radius 1 is 1.15 bits per heavy atom. The van der Waals surface area contributed by atoms with Crippen LogP contribution < -0.4 is 0 Å². The van der Waals surface area contributed by atoms with Gasteiger partial charge in [-0.05, 0) is 44.1 Å². The number of carbonyl (C=O) groups is 2. The van der Waals surface area contributed by atoms with Gasteiger partial charge in [0, 0.05) is 25.4 Å². The molecule has 1 aromatic rings. The summed E-state index contributed by atoms with van der Waals surface area (Å²) in [6, 6.07) is 10.2. The molecule has 1 saturated heterocycles. The minimum atomic E-state index is -0.742. The summed E-state index contributed by atoms with van der Waals surface area (Å²) >= 11 is 0. The average Bonchev–Trinajstić information content (AvgIpc) is 2.97. The van der Waals surface area contributed by atoms with Crippen LogP contribution in [-0.2, 0) is 16.0 Å². The molecule has 2 N–H and O–H groups in total. The Balaban J connectivity index is 1.67. The molecule has 5 heteroatoms. The van der Waals surface area contributed by atoms with Gasteiger partial charge in [-0.2, -0.15) is 0 Å². The molecule has 1 unspecified atom stereocenters. The monoisotopic (exact) mass is 361 g/mol. The standard InChI is InChI=1S/C21H31NO4/c23-19(16-17-8-4-3-5-9-17)13-11-18-12-14-20(24)22(18)15-7-2-1-6-10-21(25)26/h3-5,8-9,18-19,23H,1-2,6-7,10-16H2,(H,25,26)/t18-,19?/m0/s1. The number of carbonyl (C=O) groups excluding carboxylic acids is 1. The van der Waals surface area contributed by atoms with E-state index >= 15 is 0 Å². The number of carboxylic acids is 1.